The van der Waals surface area contributed by atoms with E-state index in [0.29, 0.717) is 37.6 Å². The third-order valence-corrected chi connectivity index (χ3v) is 6.58. The average molecular weight is 492 g/mol. The highest BCUT2D eigenvalue weighted by molar-refractivity contribution is 5.85. The van der Waals surface area contributed by atoms with Crippen LogP contribution < -0.4 is 11.1 Å². The first-order chi connectivity index (χ1) is 17.2. The monoisotopic (exact) mass is 491 g/mol. The standard InChI is InChI=1S/C27H33N5O4/c1-26(2,28)24(33)29-21(18-36-17-19-10-6-4-7-11-19)23-31-30-22-16-27(25(34)35-3,14-15-32(22)23)20-12-8-5-9-13-20/h4-13,21H,14-18,28H2,1-3H3,(H,29,33). The lowest BCUT2D eigenvalue weighted by Crippen LogP contribution is -2.51. The van der Waals surface area contributed by atoms with E-state index >= 15 is 0 Å². The Hall–Kier alpha value is -3.56. The van der Waals surface area contributed by atoms with E-state index in [-0.39, 0.29) is 18.5 Å². The van der Waals surface area contributed by atoms with Gasteiger partial charge in [-0.2, -0.15) is 0 Å². The Balaban J connectivity index is 1.60. The Morgan fingerprint density at radius 1 is 1.11 bits per heavy atom. The van der Waals surface area contributed by atoms with Crippen LogP contribution in [0.5, 0.6) is 0 Å². The Morgan fingerprint density at radius 3 is 2.42 bits per heavy atom. The summed E-state index contributed by atoms with van der Waals surface area (Å²) >= 11 is 0. The molecule has 4 rings (SSSR count). The number of nitrogens with zero attached hydrogens (tertiary/aromatic N) is 3. The van der Waals surface area contributed by atoms with Gasteiger partial charge in [0, 0.05) is 13.0 Å². The molecule has 2 aromatic carbocycles. The zero-order valence-electron chi connectivity index (χ0n) is 20.9. The van der Waals surface area contributed by atoms with E-state index in [1.807, 2.05) is 65.2 Å². The predicted molar refractivity (Wildman–Crippen MR) is 134 cm³/mol. The van der Waals surface area contributed by atoms with Crippen molar-refractivity contribution in [2.24, 2.45) is 5.73 Å². The molecule has 3 N–H and O–H groups in total. The average Bonchev–Trinajstić information content (AvgIpc) is 3.31. The maximum atomic E-state index is 13.0. The second kappa shape index (κ2) is 10.6. The van der Waals surface area contributed by atoms with Gasteiger partial charge in [0.05, 0.1) is 25.9 Å². The van der Waals surface area contributed by atoms with Gasteiger partial charge in [-0.05, 0) is 31.4 Å². The molecule has 2 atom stereocenters. The van der Waals surface area contributed by atoms with Crippen molar-refractivity contribution in [3.8, 4) is 0 Å². The molecule has 36 heavy (non-hydrogen) atoms. The molecule has 0 aliphatic carbocycles. The van der Waals surface area contributed by atoms with Gasteiger partial charge in [-0.1, -0.05) is 60.7 Å². The number of hydrogen-bond acceptors (Lipinski definition) is 7. The summed E-state index contributed by atoms with van der Waals surface area (Å²) in [4.78, 5) is 25.8. The van der Waals surface area contributed by atoms with Crippen molar-refractivity contribution in [3.63, 3.8) is 0 Å². The number of esters is 1. The fourth-order valence-electron chi connectivity index (χ4n) is 4.53. The van der Waals surface area contributed by atoms with E-state index in [1.54, 1.807) is 13.8 Å². The van der Waals surface area contributed by atoms with E-state index in [4.69, 9.17) is 15.2 Å². The van der Waals surface area contributed by atoms with E-state index in [1.165, 1.54) is 7.11 Å². The summed E-state index contributed by atoms with van der Waals surface area (Å²) in [6, 6.07) is 18.9. The zero-order chi connectivity index (χ0) is 25.8. The largest absolute Gasteiger partial charge is 0.468 e. The summed E-state index contributed by atoms with van der Waals surface area (Å²) in [5, 5.41) is 11.8. The molecule has 9 heteroatoms. The second-order valence-electron chi connectivity index (χ2n) is 9.74. The number of ether oxygens (including phenoxy) is 2. The van der Waals surface area contributed by atoms with E-state index < -0.39 is 17.0 Å². The van der Waals surface area contributed by atoms with Gasteiger partial charge in [0.15, 0.2) is 5.82 Å². The van der Waals surface area contributed by atoms with Gasteiger partial charge >= 0.3 is 5.97 Å². The number of fused-ring (bicyclic) bond motifs is 1. The highest BCUT2D eigenvalue weighted by Crippen LogP contribution is 2.38. The normalized spacial score (nSPS) is 18.2. The molecule has 3 aromatic rings. The van der Waals surface area contributed by atoms with Crippen LogP contribution in [-0.4, -0.2) is 45.9 Å². The fraction of sp³-hybridized carbons (Fsp3) is 0.407. The number of nitrogens with one attached hydrogen (secondary N) is 1. The number of aromatic nitrogens is 3. The molecule has 0 bridgehead atoms. The highest BCUT2D eigenvalue weighted by Gasteiger charge is 2.46. The van der Waals surface area contributed by atoms with Gasteiger partial charge in [0.25, 0.3) is 0 Å². The topological polar surface area (TPSA) is 121 Å². The first kappa shape index (κ1) is 25.5. The zero-order valence-corrected chi connectivity index (χ0v) is 20.9. The Labute approximate surface area is 211 Å². The van der Waals surface area contributed by atoms with Gasteiger partial charge in [-0.25, -0.2) is 0 Å². The third kappa shape index (κ3) is 5.32. The lowest BCUT2D eigenvalue weighted by Gasteiger charge is -2.35. The minimum Gasteiger partial charge on any atom is -0.468 e. The molecule has 2 unspecified atom stereocenters. The molecule has 0 saturated carbocycles. The molecule has 1 aliphatic heterocycles. The molecule has 0 saturated heterocycles. The molecule has 190 valence electrons. The van der Waals surface area contributed by atoms with Crippen molar-refractivity contribution >= 4 is 11.9 Å². The summed E-state index contributed by atoms with van der Waals surface area (Å²) in [7, 11) is 1.40. The van der Waals surface area contributed by atoms with Crippen molar-refractivity contribution in [1.82, 2.24) is 20.1 Å². The maximum absolute atomic E-state index is 13.0. The van der Waals surface area contributed by atoms with E-state index in [0.717, 1.165) is 11.1 Å². The summed E-state index contributed by atoms with van der Waals surface area (Å²) < 4.78 is 13.1. The second-order valence-corrected chi connectivity index (χ2v) is 9.74. The minimum absolute atomic E-state index is 0.190. The van der Waals surface area contributed by atoms with Crippen LogP contribution in [-0.2, 0) is 44.1 Å². The molecule has 1 aliphatic rings. The Morgan fingerprint density at radius 2 is 1.78 bits per heavy atom. The number of methoxy groups -OCH3 is 1. The number of hydrogen-bond donors (Lipinski definition) is 2. The quantitative estimate of drug-likeness (QED) is 0.441. The molecule has 0 fully saturated rings. The molecule has 1 amide bonds. The van der Waals surface area contributed by atoms with Crippen LogP contribution in [0.2, 0.25) is 0 Å². The van der Waals surface area contributed by atoms with Crippen molar-refractivity contribution in [2.45, 2.75) is 56.8 Å². The number of benzene rings is 2. The van der Waals surface area contributed by atoms with Gasteiger partial charge in [0.1, 0.15) is 17.3 Å². The molecule has 1 aromatic heterocycles. The summed E-state index contributed by atoms with van der Waals surface area (Å²) in [5.41, 5.74) is 6.02. The molecular formula is C27H33N5O4. The summed E-state index contributed by atoms with van der Waals surface area (Å²) in [6.45, 7) is 4.36. The van der Waals surface area contributed by atoms with Crippen LogP contribution in [0.25, 0.3) is 0 Å². The molecular weight excluding hydrogens is 458 g/mol. The van der Waals surface area contributed by atoms with Crippen molar-refractivity contribution < 1.29 is 19.1 Å². The Kier molecular flexibility index (Phi) is 7.51. The van der Waals surface area contributed by atoms with Crippen LogP contribution in [0.15, 0.2) is 60.7 Å². The Bertz CT molecular complexity index is 1190. The molecule has 0 spiro atoms. The molecule has 2 heterocycles. The van der Waals surface area contributed by atoms with Gasteiger partial charge in [-0.15, -0.1) is 10.2 Å². The number of carbonyl (C=O) groups is 2. The first-order valence-electron chi connectivity index (χ1n) is 12.0. The fourth-order valence-corrected chi connectivity index (χ4v) is 4.53. The molecule has 0 radical (unpaired) electrons. The number of carbonyl (C=O) groups excluding carboxylic acids is 2. The van der Waals surface area contributed by atoms with Gasteiger partial charge in [-0.3, -0.25) is 9.59 Å². The highest BCUT2D eigenvalue weighted by atomic mass is 16.5. The SMILES string of the molecule is COC(=O)C1(c2ccccc2)CCn2c(nnc2C(COCc2ccccc2)NC(=O)C(C)(C)N)C1. The van der Waals surface area contributed by atoms with Crippen LogP contribution in [0, 0.1) is 0 Å². The third-order valence-electron chi connectivity index (χ3n) is 6.58. The smallest absolute Gasteiger partial charge is 0.316 e. The first-order valence-corrected chi connectivity index (χ1v) is 12.0. The van der Waals surface area contributed by atoms with Gasteiger partial charge in [0.2, 0.25) is 5.91 Å². The van der Waals surface area contributed by atoms with E-state index in [9.17, 15) is 9.59 Å². The predicted octanol–water partition coefficient (Wildman–Crippen LogP) is 2.45. The van der Waals surface area contributed by atoms with Crippen molar-refractivity contribution in [1.29, 1.82) is 0 Å². The van der Waals surface area contributed by atoms with Crippen LogP contribution in [0.1, 0.15) is 49.1 Å². The molecule has 9 nitrogen and oxygen atoms in total. The van der Waals surface area contributed by atoms with Crippen LogP contribution >= 0.6 is 0 Å². The van der Waals surface area contributed by atoms with Crippen LogP contribution in [0.3, 0.4) is 0 Å². The number of amides is 1. The number of nitrogens with two attached hydrogens (primary N) is 1. The van der Waals surface area contributed by atoms with E-state index in [2.05, 4.69) is 15.5 Å². The lowest BCUT2D eigenvalue weighted by molar-refractivity contribution is -0.148. The van der Waals surface area contributed by atoms with Crippen molar-refractivity contribution in [2.75, 3.05) is 13.7 Å². The summed E-state index contributed by atoms with van der Waals surface area (Å²) in [5.74, 6) is 0.601. The lowest BCUT2D eigenvalue weighted by atomic mass is 9.73. The number of rotatable bonds is 9. The van der Waals surface area contributed by atoms with Crippen LogP contribution in [0.4, 0.5) is 0 Å². The summed E-state index contributed by atoms with van der Waals surface area (Å²) in [6.07, 6.45) is 0.847. The maximum Gasteiger partial charge on any atom is 0.316 e. The van der Waals surface area contributed by atoms with Gasteiger partial charge < -0.3 is 25.1 Å². The van der Waals surface area contributed by atoms with Crippen molar-refractivity contribution in [3.05, 3.63) is 83.4 Å². The minimum atomic E-state index is -1.07.